The van der Waals surface area contributed by atoms with Crippen molar-refractivity contribution in [2.75, 3.05) is 13.1 Å². The number of aliphatic carboxylic acids is 1. The lowest BCUT2D eigenvalue weighted by atomic mass is 9.92. The van der Waals surface area contributed by atoms with Crippen molar-refractivity contribution in [2.45, 2.75) is 38.6 Å². The molecule has 1 aliphatic heterocycles. The average Bonchev–Trinajstić information content (AvgIpc) is 2.20. The highest BCUT2D eigenvalue weighted by Gasteiger charge is 2.30. The minimum Gasteiger partial charge on any atom is -0.480 e. The molecule has 84 valence electrons. The Bertz CT molecular complexity index is 260. The van der Waals surface area contributed by atoms with Crippen LogP contribution < -0.4 is 0 Å². The second-order valence-electron chi connectivity index (χ2n) is 4.28. The Morgan fingerprint density at radius 2 is 2.40 bits per heavy atom. The van der Waals surface area contributed by atoms with Gasteiger partial charge in [-0.15, -0.1) is 0 Å². The summed E-state index contributed by atoms with van der Waals surface area (Å²) in [6.45, 7) is 3.68. The van der Waals surface area contributed by atoms with Crippen molar-refractivity contribution in [3.05, 3.63) is 0 Å². The lowest BCUT2D eigenvalue weighted by Gasteiger charge is -2.35. The molecule has 0 saturated carbocycles. The number of nitrogens with zero attached hydrogens (tertiary/aromatic N) is 2. The summed E-state index contributed by atoms with van der Waals surface area (Å²) in [6, 6.07) is 1.75. The van der Waals surface area contributed by atoms with Gasteiger partial charge in [-0.3, -0.25) is 9.69 Å². The van der Waals surface area contributed by atoms with E-state index in [2.05, 4.69) is 13.0 Å². The Hall–Kier alpha value is -1.08. The summed E-state index contributed by atoms with van der Waals surface area (Å²) in [4.78, 5) is 13.0. The molecule has 2 unspecified atom stereocenters. The number of carboxylic acids is 1. The van der Waals surface area contributed by atoms with E-state index in [4.69, 9.17) is 10.4 Å². The first-order chi connectivity index (χ1) is 7.15. The Morgan fingerprint density at radius 3 is 3.00 bits per heavy atom. The molecule has 0 aromatic carbocycles. The number of likely N-dealkylation sites (tertiary alicyclic amines) is 1. The van der Waals surface area contributed by atoms with Crippen molar-refractivity contribution in [3.63, 3.8) is 0 Å². The van der Waals surface area contributed by atoms with Gasteiger partial charge in [-0.05, 0) is 38.3 Å². The third kappa shape index (κ3) is 3.52. The largest absolute Gasteiger partial charge is 0.480 e. The van der Waals surface area contributed by atoms with Gasteiger partial charge in [0.2, 0.25) is 0 Å². The minimum atomic E-state index is -0.724. The molecule has 0 aromatic heterocycles. The summed E-state index contributed by atoms with van der Waals surface area (Å²) in [7, 11) is 0. The van der Waals surface area contributed by atoms with Crippen LogP contribution in [-0.4, -0.2) is 35.1 Å². The molecule has 1 heterocycles. The number of hydrogen-bond acceptors (Lipinski definition) is 3. The zero-order valence-electron chi connectivity index (χ0n) is 9.15. The van der Waals surface area contributed by atoms with Gasteiger partial charge in [-0.25, -0.2) is 0 Å². The van der Waals surface area contributed by atoms with Crippen LogP contribution in [0.1, 0.15) is 32.6 Å². The van der Waals surface area contributed by atoms with Gasteiger partial charge in [0.15, 0.2) is 0 Å². The lowest BCUT2D eigenvalue weighted by Crippen LogP contribution is -2.47. The van der Waals surface area contributed by atoms with Crippen molar-refractivity contribution >= 4 is 5.97 Å². The Morgan fingerprint density at radius 1 is 1.67 bits per heavy atom. The molecule has 1 rings (SSSR count). The van der Waals surface area contributed by atoms with E-state index in [1.807, 2.05) is 4.90 Å². The van der Waals surface area contributed by atoms with E-state index >= 15 is 0 Å². The highest BCUT2D eigenvalue weighted by atomic mass is 16.4. The number of carboxylic acid groups (broad SMARTS) is 1. The fraction of sp³-hybridized carbons (Fsp3) is 0.818. The normalized spacial score (nSPS) is 27.2. The zero-order chi connectivity index (χ0) is 11.3. The predicted molar refractivity (Wildman–Crippen MR) is 56.2 cm³/mol. The summed E-state index contributed by atoms with van der Waals surface area (Å²) in [5.41, 5.74) is 0. The van der Waals surface area contributed by atoms with Gasteiger partial charge in [0, 0.05) is 6.42 Å². The van der Waals surface area contributed by atoms with E-state index in [1.54, 1.807) is 0 Å². The third-order valence-electron chi connectivity index (χ3n) is 2.99. The molecular weight excluding hydrogens is 192 g/mol. The van der Waals surface area contributed by atoms with Crippen LogP contribution in [0.4, 0.5) is 0 Å². The van der Waals surface area contributed by atoms with Crippen molar-refractivity contribution in [3.8, 4) is 6.07 Å². The number of unbranched alkanes of at least 4 members (excludes halogenated alkanes) is 1. The van der Waals surface area contributed by atoms with Crippen LogP contribution in [-0.2, 0) is 4.79 Å². The molecule has 15 heavy (non-hydrogen) atoms. The van der Waals surface area contributed by atoms with Gasteiger partial charge in [-0.2, -0.15) is 5.26 Å². The molecular formula is C11H18N2O2. The topological polar surface area (TPSA) is 64.3 Å². The van der Waals surface area contributed by atoms with Gasteiger partial charge in [0.05, 0.1) is 6.07 Å². The van der Waals surface area contributed by atoms with Crippen molar-refractivity contribution in [1.29, 1.82) is 5.26 Å². The molecule has 4 nitrogen and oxygen atoms in total. The first-order valence-corrected chi connectivity index (χ1v) is 5.49. The zero-order valence-corrected chi connectivity index (χ0v) is 9.15. The van der Waals surface area contributed by atoms with Gasteiger partial charge in [0.1, 0.15) is 6.04 Å². The highest BCUT2D eigenvalue weighted by molar-refractivity contribution is 5.73. The minimum absolute atomic E-state index is 0.340. The number of hydrogen-bond donors (Lipinski definition) is 1. The summed E-state index contributed by atoms with van der Waals surface area (Å²) >= 11 is 0. The number of piperidine rings is 1. The van der Waals surface area contributed by atoms with Crippen molar-refractivity contribution in [1.82, 2.24) is 4.90 Å². The third-order valence-corrected chi connectivity index (χ3v) is 2.99. The summed E-state index contributed by atoms with van der Waals surface area (Å²) in [5.74, 6) is -0.225. The molecule has 2 atom stereocenters. The van der Waals surface area contributed by atoms with Crippen LogP contribution in [0.3, 0.4) is 0 Å². The Balaban J connectivity index is 2.46. The standard InChI is InChI=1S/C11H18N2O2/c1-9-4-7-13(6-3-2-5-12)10(8-9)11(14)15/h9-10H,2-4,6-8H2,1H3,(H,14,15). The molecule has 1 aliphatic rings. The Kier molecular flexibility index (Phi) is 4.57. The number of rotatable bonds is 4. The van der Waals surface area contributed by atoms with E-state index in [0.717, 1.165) is 32.4 Å². The summed E-state index contributed by atoms with van der Waals surface area (Å²) in [6.07, 6.45) is 3.09. The molecule has 1 fully saturated rings. The maximum absolute atomic E-state index is 11.0. The molecule has 0 bridgehead atoms. The number of carbonyl (C=O) groups is 1. The molecule has 1 N–H and O–H groups in total. The Labute approximate surface area is 90.5 Å². The summed E-state index contributed by atoms with van der Waals surface area (Å²) in [5, 5.41) is 17.5. The van der Waals surface area contributed by atoms with Gasteiger partial charge in [-0.1, -0.05) is 6.92 Å². The van der Waals surface area contributed by atoms with Gasteiger partial charge < -0.3 is 5.11 Å². The predicted octanol–water partition coefficient (Wildman–Crippen LogP) is 1.48. The average molecular weight is 210 g/mol. The fourth-order valence-corrected chi connectivity index (χ4v) is 2.08. The molecule has 0 amide bonds. The SMILES string of the molecule is CC1CCN(CCCC#N)C(C(=O)O)C1. The van der Waals surface area contributed by atoms with Crippen LogP contribution in [0.2, 0.25) is 0 Å². The second kappa shape index (κ2) is 5.72. The molecule has 0 radical (unpaired) electrons. The van der Waals surface area contributed by atoms with E-state index in [-0.39, 0.29) is 6.04 Å². The maximum Gasteiger partial charge on any atom is 0.320 e. The molecule has 1 saturated heterocycles. The molecule has 0 aliphatic carbocycles. The first-order valence-electron chi connectivity index (χ1n) is 5.49. The van der Waals surface area contributed by atoms with Crippen LogP contribution in [0.25, 0.3) is 0 Å². The van der Waals surface area contributed by atoms with E-state index < -0.39 is 5.97 Å². The van der Waals surface area contributed by atoms with Crippen LogP contribution in [0.5, 0.6) is 0 Å². The quantitative estimate of drug-likeness (QED) is 0.714. The smallest absolute Gasteiger partial charge is 0.320 e. The van der Waals surface area contributed by atoms with Crippen molar-refractivity contribution < 1.29 is 9.90 Å². The van der Waals surface area contributed by atoms with E-state index in [9.17, 15) is 4.79 Å². The van der Waals surface area contributed by atoms with Crippen LogP contribution >= 0.6 is 0 Å². The highest BCUT2D eigenvalue weighted by Crippen LogP contribution is 2.22. The van der Waals surface area contributed by atoms with Crippen molar-refractivity contribution in [2.24, 2.45) is 5.92 Å². The van der Waals surface area contributed by atoms with Gasteiger partial charge in [0.25, 0.3) is 0 Å². The van der Waals surface area contributed by atoms with Crippen LogP contribution in [0, 0.1) is 17.2 Å². The molecule has 0 spiro atoms. The second-order valence-corrected chi connectivity index (χ2v) is 4.28. The first kappa shape index (κ1) is 12.0. The lowest BCUT2D eigenvalue weighted by molar-refractivity contribution is -0.145. The summed E-state index contributed by atoms with van der Waals surface area (Å²) < 4.78 is 0. The number of nitriles is 1. The molecule has 0 aromatic rings. The van der Waals surface area contributed by atoms with Crippen LogP contribution in [0.15, 0.2) is 0 Å². The van der Waals surface area contributed by atoms with E-state index in [1.165, 1.54) is 0 Å². The monoisotopic (exact) mass is 210 g/mol. The fourth-order valence-electron chi connectivity index (χ4n) is 2.08. The van der Waals surface area contributed by atoms with E-state index in [0.29, 0.717) is 12.3 Å². The van der Waals surface area contributed by atoms with Gasteiger partial charge >= 0.3 is 5.97 Å². The maximum atomic E-state index is 11.0. The molecule has 4 heteroatoms.